The van der Waals surface area contributed by atoms with Gasteiger partial charge in [-0.25, -0.2) is 9.37 Å². The lowest BCUT2D eigenvalue weighted by atomic mass is 10.0. The van der Waals surface area contributed by atoms with Crippen LogP contribution < -0.4 is 0 Å². The van der Waals surface area contributed by atoms with Gasteiger partial charge in [0.05, 0.1) is 16.5 Å². The Morgan fingerprint density at radius 1 is 1.33 bits per heavy atom. The first-order valence-corrected chi connectivity index (χ1v) is 7.00. The lowest BCUT2D eigenvalue weighted by molar-refractivity contribution is 0.102. The molecule has 0 aliphatic heterocycles. The maximum absolute atomic E-state index is 13.4. The van der Waals surface area contributed by atoms with E-state index >= 15 is 0 Å². The third-order valence-electron chi connectivity index (χ3n) is 3.13. The van der Waals surface area contributed by atoms with Crippen molar-refractivity contribution >= 4 is 27.9 Å². The smallest absolute Gasteiger partial charge is 0.171 e. The van der Waals surface area contributed by atoms with Crippen LogP contribution in [0.3, 0.4) is 0 Å². The predicted molar refractivity (Wildman–Crippen MR) is 79.7 cm³/mol. The van der Waals surface area contributed by atoms with Gasteiger partial charge >= 0.3 is 0 Å². The molecule has 2 aromatic carbocycles. The van der Waals surface area contributed by atoms with Gasteiger partial charge in [-0.15, -0.1) is 11.3 Å². The number of carbonyl (C=O) groups excluding carboxylic acids is 1. The lowest BCUT2D eigenvalue weighted by Crippen LogP contribution is -1.85. The summed E-state index contributed by atoms with van der Waals surface area (Å²) in [6, 6.07) is 9.92. The Hall–Kier alpha value is -2.58. The number of aromatic nitrogens is 1. The van der Waals surface area contributed by atoms with Crippen LogP contribution in [0, 0.1) is 17.1 Å². The molecule has 3 rings (SSSR count). The number of rotatable bonds is 2. The van der Waals surface area contributed by atoms with Crippen LogP contribution in [0.15, 0.2) is 36.5 Å². The van der Waals surface area contributed by atoms with Crippen molar-refractivity contribution < 1.29 is 9.18 Å². The highest BCUT2D eigenvalue weighted by atomic mass is 32.1. The highest BCUT2D eigenvalue weighted by Gasteiger charge is 2.11. The van der Waals surface area contributed by atoms with E-state index in [1.54, 1.807) is 18.2 Å². The Kier molecular flexibility index (Phi) is 3.24. The quantitative estimate of drug-likeness (QED) is 0.667. The summed E-state index contributed by atoms with van der Waals surface area (Å²) in [6.07, 6.45) is 1.52. The minimum absolute atomic E-state index is 0.0499. The number of thiazole rings is 1. The molecule has 21 heavy (non-hydrogen) atoms. The number of fused-ring (bicyclic) bond motifs is 1. The van der Waals surface area contributed by atoms with Crippen LogP contribution in [0.5, 0.6) is 0 Å². The minimum atomic E-state index is -0.355. The normalized spacial score (nSPS) is 10.5. The summed E-state index contributed by atoms with van der Waals surface area (Å²) in [7, 11) is 0. The molecular formula is C16H9FN2OS. The summed E-state index contributed by atoms with van der Waals surface area (Å²) >= 11 is 1.26. The third kappa shape index (κ3) is 2.41. The topological polar surface area (TPSA) is 53.8 Å². The zero-order chi connectivity index (χ0) is 15.0. The van der Waals surface area contributed by atoms with E-state index in [0.717, 1.165) is 0 Å². The monoisotopic (exact) mass is 296 g/mol. The fourth-order valence-corrected chi connectivity index (χ4v) is 2.93. The lowest BCUT2D eigenvalue weighted by Gasteiger charge is -2.04. The first-order chi connectivity index (χ1) is 10.1. The third-order valence-corrected chi connectivity index (χ3v) is 4.28. The molecule has 0 aliphatic carbocycles. The van der Waals surface area contributed by atoms with E-state index in [4.69, 9.17) is 0 Å². The maximum Gasteiger partial charge on any atom is 0.171 e. The molecule has 0 aliphatic rings. The molecule has 0 saturated heterocycles. The van der Waals surface area contributed by atoms with E-state index in [2.05, 4.69) is 11.1 Å². The SMILES string of the molecule is CC(=O)c1cnc(-c2cc(C#N)c3ccc(F)cc3c2)s1. The van der Waals surface area contributed by atoms with Crippen LogP contribution in [0.2, 0.25) is 0 Å². The summed E-state index contributed by atoms with van der Waals surface area (Å²) in [6.45, 7) is 1.48. The van der Waals surface area contributed by atoms with Crippen LogP contribution in [0.1, 0.15) is 22.2 Å². The van der Waals surface area contributed by atoms with Crippen LogP contribution >= 0.6 is 11.3 Å². The van der Waals surface area contributed by atoms with E-state index in [9.17, 15) is 14.4 Å². The molecule has 0 bridgehead atoms. The van der Waals surface area contributed by atoms with Crippen LogP contribution in [0.4, 0.5) is 4.39 Å². The zero-order valence-electron chi connectivity index (χ0n) is 11.1. The van der Waals surface area contributed by atoms with Crippen molar-refractivity contribution in [3.8, 4) is 16.6 Å². The summed E-state index contributed by atoms with van der Waals surface area (Å²) in [4.78, 5) is 16.1. The number of carbonyl (C=O) groups is 1. The first kappa shape index (κ1) is 13.4. The number of hydrogen-bond acceptors (Lipinski definition) is 4. The Morgan fingerprint density at radius 2 is 2.14 bits per heavy atom. The van der Waals surface area contributed by atoms with E-state index in [1.165, 1.54) is 36.6 Å². The van der Waals surface area contributed by atoms with Crippen molar-refractivity contribution in [2.75, 3.05) is 0 Å². The van der Waals surface area contributed by atoms with Gasteiger partial charge in [-0.05, 0) is 35.0 Å². The molecule has 3 aromatic rings. The van der Waals surface area contributed by atoms with Crippen molar-refractivity contribution in [1.29, 1.82) is 5.26 Å². The van der Waals surface area contributed by atoms with E-state index in [0.29, 0.717) is 31.8 Å². The standard InChI is InChI=1S/C16H9FN2OS/c1-9(20)15-8-19-16(21-15)11-4-10-6-13(17)2-3-14(10)12(5-11)7-18/h2-6,8H,1H3. The summed E-state index contributed by atoms with van der Waals surface area (Å²) in [5.74, 6) is -0.404. The Labute approximate surface area is 124 Å². The Balaban J connectivity index is 2.23. The van der Waals surface area contributed by atoms with Crippen LogP contribution in [-0.2, 0) is 0 Å². The van der Waals surface area contributed by atoms with Gasteiger partial charge in [0.25, 0.3) is 0 Å². The highest BCUT2D eigenvalue weighted by Crippen LogP contribution is 2.30. The molecule has 0 unspecified atom stereocenters. The number of nitrogens with zero attached hydrogens (tertiary/aromatic N) is 2. The number of hydrogen-bond donors (Lipinski definition) is 0. The second kappa shape index (κ2) is 5.08. The van der Waals surface area contributed by atoms with Gasteiger partial charge in [0.2, 0.25) is 0 Å². The Bertz CT molecular complexity index is 908. The number of Topliss-reactive ketones (excluding diaryl/α,β-unsaturated/α-hetero) is 1. The molecule has 0 N–H and O–H groups in total. The van der Waals surface area contributed by atoms with Gasteiger partial charge in [0, 0.05) is 18.7 Å². The second-order valence-electron chi connectivity index (χ2n) is 4.59. The minimum Gasteiger partial charge on any atom is -0.294 e. The van der Waals surface area contributed by atoms with Crippen molar-refractivity contribution in [1.82, 2.24) is 4.98 Å². The maximum atomic E-state index is 13.4. The highest BCUT2D eigenvalue weighted by molar-refractivity contribution is 7.16. The second-order valence-corrected chi connectivity index (χ2v) is 5.62. The molecule has 0 amide bonds. The Morgan fingerprint density at radius 3 is 2.81 bits per heavy atom. The molecule has 1 aromatic heterocycles. The summed E-state index contributed by atoms with van der Waals surface area (Å²) in [5, 5.41) is 11.2. The van der Waals surface area contributed by atoms with Crippen molar-refractivity contribution in [2.24, 2.45) is 0 Å². The van der Waals surface area contributed by atoms with Crippen LogP contribution in [0.25, 0.3) is 21.3 Å². The predicted octanol–water partition coefficient (Wildman–Crippen LogP) is 4.18. The average Bonchev–Trinajstić information content (AvgIpc) is 2.95. The van der Waals surface area contributed by atoms with Gasteiger partial charge in [0.15, 0.2) is 5.78 Å². The summed E-state index contributed by atoms with van der Waals surface area (Å²) < 4.78 is 13.4. The van der Waals surface area contributed by atoms with Gasteiger partial charge in [0.1, 0.15) is 10.8 Å². The van der Waals surface area contributed by atoms with E-state index < -0.39 is 0 Å². The number of benzene rings is 2. The average molecular weight is 296 g/mol. The molecule has 0 spiro atoms. The first-order valence-electron chi connectivity index (χ1n) is 6.19. The van der Waals surface area contributed by atoms with Crippen molar-refractivity contribution in [2.45, 2.75) is 6.92 Å². The zero-order valence-corrected chi connectivity index (χ0v) is 11.9. The molecule has 0 atom stereocenters. The molecule has 3 nitrogen and oxygen atoms in total. The van der Waals surface area contributed by atoms with Crippen molar-refractivity contribution in [3.63, 3.8) is 0 Å². The molecular weight excluding hydrogens is 287 g/mol. The van der Waals surface area contributed by atoms with Crippen molar-refractivity contribution in [3.05, 3.63) is 52.8 Å². The molecule has 0 fully saturated rings. The van der Waals surface area contributed by atoms with Gasteiger partial charge in [-0.3, -0.25) is 4.79 Å². The van der Waals surface area contributed by atoms with E-state index in [1.807, 2.05) is 0 Å². The van der Waals surface area contributed by atoms with Gasteiger partial charge in [-0.2, -0.15) is 5.26 Å². The molecule has 5 heteroatoms. The van der Waals surface area contributed by atoms with Gasteiger partial charge in [-0.1, -0.05) is 6.07 Å². The summed E-state index contributed by atoms with van der Waals surface area (Å²) in [5.41, 5.74) is 1.17. The molecule has 1 heterocycles. The molecule has 0 saturated carbocycles. The number of ketones is 1. The molecule has 0 radical (unpaired) electrons. The van der Waals surface area contributed by atoms with Gasteiger partial charge < -0.3 is 0 Å². The number of nitriles is 1. The van der Waals surface area contributed by atoms with E-state index in [-0.39, 0.29) is 11.6 Å². The largest absolute Gasteiger partial charge is 0.294 e. The molecule has 102 valence electrons. The number of halogens is 1. The van der Waals surface area contributed by atoms with Crippen LogP contribution in [-0.4, -0.2) is 10.8 Å². The fraction of sp³-hybridized carbons (Fsp3) is 0.0625. The fourth-order valence-electron chi connectivity index (χ4n) is 2.13.